The summed E-state index contributed by atoms with van der Waals surface area (Å²) in [6, 6.07) is 3.88. The maximum absolute atomic E-state index is 12.1. The summed E-state index contributed by atoms with van der Waals surface area (Å²) < 4.78 is 6.38. The molecule has 3 rings (SSSR count). The maximum atomic E-state index is 12.1. The van der Waals surface area contributed by atoms with E-state index >= 15 is 0 Å². The van der Waals surface area contributed by atoms with Crippen molar-refractivity contribution in [2.75, 3.05) is 6.61 Å². The first-order valence-corrected chi connectivity index (χ1v) is 7.08. The lowest BCUT2D eigenvalue weighted by Gasteiger charge is -2.47. The third kappa shape index (κ3) is 2.17. The number of nitrogens with one attached hydrogen (secondary N) is 1. The van der Waals surface area contributed by atoms with Crippen molar-refractivity contribution in [3.63, 3.8) is 0 Å². The molecule has 3 atom stereocenters. The highest BCUT2D eigenvalue weighted by Gasteiger charge is 2.44. The Morgan fingerprint density at radius 3 is 3.22 bits per heavy atom. The van der Waals surface area contributed by atoms with Gasteiger partial charge < -0.3 is 10.1 Å². The maximum Gasteiger partial charge on any atom is 0.271 e. The molecule has 1 amide bonds. The summed E-state index contributed by atoms with van der Waals surface area (Å²) in [5, 5.41) is 3.06. The molecular formula is C13H15BrN2O2. The predicted octanol–water partition coefficient (Wildman–Crippen LogP) is 2.14. The highest BCUT2D eigenvalue weighted by atomic mass is 79.9. The number of nitrogens with zero attached hydrogens (tertiary/aromatic N) is 1. The molecule has 0 radical (unpaired) electrons. The zero-order chi connectivity index (χ0) is 12.5. The van der Waals surface area contributed by atoms with Gasteiger partial charge in [0.1, 0.15) is 5.69 Å². The minimum absolute atomic E-state index is 0.100. The SMILES string of the molecule is O=C(NC1CC2OCCCC12)c1ncccc1Br. The summed E-state index contributed by atoms with van der Waals surface area (Å²) in [7, 11) is 0. The van der Waals surface area contributed by atoms with E-state index in [2.05, 4.69) is 26.2 Å². The molecule has 1 saturated carbocycles. The van der Waals surface area contributed by atoms with Crippen LogP contribution in [0.1, 0.15) is 29.8 Å². The van der Waals surface area contributed by atoms with Crippen LogP contribution in [0.25, 0.3) is 0 Å². The second-order valence-corrected chi connectivity index (χ2v) is 5.72. The van der Waals surface area contributed by atoms with Crippen LogP contribution >= 0.6 is 15.9 Å². The van der Waals surface area contributed by atoms with E-state index in [1.165, 1.54) is 0 Å². The summed E-state index contributed by atoms with van der Waals surface area (Å²) in [5.74, 6) is 0.390. The van der Waals surface area contributed by atoms with Gasteiger partial charge in [0, 0.05) is 29.2 Å². The van der Waals surface area contributed by atoms with Gasteiger partial charge in [-0.3, -0.25) is 4.79 Å². The summed E-state index contributed by atoms with van der Waals surface area (Å²) in [4.78, 5) is 16.2. The molecule has 0 spiro atoms. The van der Waals surface area contributed by atoms with Gasteiger partial charge in [0.2, 0.25) is 0 Å². The minimum atomic E-state index is -0.100. The van der Waals surface area contributed by atoms with Crippen molar-refractivity contribution < 1.29 is 9.53 Å². The largest absolute Gasteiger partial charge is 0.378 e. The number of carbonyl (C=O) groups excluding carboxylic acids is 1. The number of halogens is 1. The van der Waals surface area contributed by atoms with Crippen LogP contribution < -0.4 is 5.32 Å². The Morgan fingerprint density at radius 1 is 1.56 bits per heavy atom. The molecule has 4 nitrogen and oxygen atoms in total. The van der Waals surface area contributed by atoms with Crippen molar-refractivity contribution in [1.82, 2.24) is 10.3 Å². The number of fused-ring (bicyclic) bond motifs is 1. The topological polar surface area (TPSA) is 51.2 Å². The summed E-state index contributed by atoms with van der Waals surface area (Å²) in [6.45, 7) is 0.869. The van der Waals surface area contributed by atoms with Crippen LogP contribution in [-0.4, -0.2) is 29.6 Å². The number of amides is 1. The lowest BCUT2D eigenvalue weighted by atomic mass is 9.72. The van der Waals surface area contributed by atoms with Crippen molar-refractivity contribution in [3.8, 4) is 0 Å². The van der Waals surface area contributed by atoms with Gasteiger partial charge in [0.25, 0.3) is 5.91 Å². The van der Waals surface area contributed by atoms with Crippen LogP contribution in [0.4, 0.5) is 0 Å². The van der Waals surface area contributed by atoms with Crippen LogP contribution in [-0.2, 0) is 4.74 Å². The van der Waals surface area contributed by atoms with Crippen molar-refractivity contribution >= 4 is 21.8 Å². The van der Waals surface area contributed by atoms with E-state index in [0.717, 1.165) is 30.3 Å². The number of hydrogen-bond donors (Lipinski definition) is 1. The first kappa shape index (κ1) is 12.1. The normalized spacial score (nSPS) is 30.2. The van der Waals surface area contributed by atoms with Gasteiger partial charge in [0.15, 0.2) is 0 Å². The van der Waals surface area contributed by atoms with Gasteiger partial charge in [0.05, 0.1) is 6.10 Å². The first-order valence-electron chi connectivity index (χ1n) is 6.28. The number of aromatic nitrogens is 1. The van der Waals surface area contributed by atoms with E-state index in [0.29, 0.717) is 17.7 Å². The standard InChI is InChI=1S/C13H15BrN2O2/c14-9-4-1-5-15-12(9)13(17)16-10-7-11-8(10)3-2-6-18-11/h1,4-5,8,10-11H,2-3,6-7H2,(H,16,17). The Morgan fingerprint density at radius 2 is 2.44 bits per heavy atom. The molecule has 1 aliphatic carbocycles. The van der Waals surface area contributed by atoms with Crippen molar-refractivity contribution in [1.29, 1.82) is 0 Å². The molecule has 2 heterocycles. The highest BCUT2D eigenvalue weighted by Crippen LogP contribution is 2.37. The quantitative estimate of drug-likeness (QED) is 0.910. The van der Waals surface area contributed by atoms with Crippen LogP contribution in [0.5, 0.6) is 0 Å². The van der Waals surface area contributed by atoms with E-state index in [1.54, 1.807) is 12.3 Å². The Labute approximate surface area is 114 Å². The Kier molecular flexibility index (Phi) is 3.35. The molecular weight excluding hydrogens is 296 g/mol. The van der Waals surface area contributed by atoms with Gasteiger partial charge in [-0.05, 0) is 47.3 Å². The third-order valence-corrected chi connectivity index (χ3v) is 4.42. The average molecular weight is 311 g/mol. The predicted molar refractivity (Wildman–Crippen MR) is 70.3 cm³/mol. The van der Waals surface area contributed by atoms with Gasteiger partial charge in [-0.1, -0.05) is 0 Å². The van der Waals surface area contributed by atoms with Crippen molar-refractivity contribution in [2.24, 2.45) is 5.92 Å². The van der Waals surface area contributed by atoms with E-state index in [-0.39, 0.29) is 11.9 Å². The van der Waals surface area contributed by atoms with E-state index < -0.39 is 0 Å². The van der Waals surface area contributed by atoms with E-state index in [4.69, 9.17) is 4.74 Å². The Hall–Kier alpha value is -0.940. The number of pyridine rings is 1. The summed E-state index contributed by atoms with van der Waals surface area (Å²) >= 11 is 3.35. The molecule has 1 saturated heterocycles. The molecule has 0 aromatic carbocycles. The Bertz CT molecular complexity index is 466. The monoisotopic (exact) mass is 310 g/mol. The fourth-order valence-electron chi connectivity index (χ4n) is 2.75. The van der Waals surface area contributed by atoms with Gasteiger partial charge >= 0.3 is 0 Å². The fourth-order valence-corrected chi connectivity index (χ4v) is 3.19. The highest BCUT2D eigenvalue weighted by molar-refractivity contribution is 9.10. The Balaban J connectivity index is 1.64. The third-order valence-electron chi connectivity index (χ3n) is 3.78. The molecule has 3 unspecified atom stereocenters. The zero-order valence-corrected chi connectivity index (χ0v) is 11.5. The average Bonchev–Trinajstić information content (AvgIpc) is 2.36. The smallest absolute Gasteiger partial charge is 0.271 e. The van der Waals surface area contributed by atoms with Crippen LogP contribution in [0.2, 0.25) is 0 Å². The lowest BCUT2D eigenvalue weighted by molar-refractivity contribution is -0.100. The summed E-state index contributed by atoms with van der Waals surface area (Å²) in [6.07, 6.45) is 5.17. The molecule has 1 aliphatic heterocycles. The molecule has 96 valence electrons. The number of hydrogen-bond acceptors (Lipinski definition) is 3. The van der Waals surface area contributed by atoms with Crippen LogP contribution in [0, 0.1) is 5.92 Å². The lowest BCUT2D eigenvalue weighted by Crippen LogP contribution is -2.57. The second-order valence-electron chi connectivity index (χ2n) is 4.86. The van der Waals surface area contributed by atoms with Crippen molar-refractivity contribution in [3.05, 3.63) is 28.5 Å². The minimum Gasteiger partial charge on any atom is -0.378 e. The number of carbonyl (C=O) groups is 1. The molecule has 2 aliphatic rings. The second kappa shape index (κ2) is 4.97. The van der Waals surface area contributed by atoms with Gasteiger partial charge in [-0.2, -0.15) is 0 Å². The first-order chi connectivity index (χ1) is 8.75. The van der Waals surface area contributed by atoms with Crippen LogP contribution in [0.15, 0.2) is 22.8 Å². The molecule has 2 fully saturated rings. The molecule has 1 aromatic heterocycles. The molecule has 1 aromatic rings. The molecule has 0 bridgehead atoms. The number of ether oxygens (including phenoxy) is 1. The zero-order valence-electron chi connectivity index (χ0n) is 9.93. The van der Waals surface area contributed by atoms with E-state index in [9.17, 15) is 4.79 Å². The molecule has 5 heteroatoms. The van der Waals surface area contributed by atoms with E-state index in [1.807, 2.05) is 6.07 Å². The molecule has 18 heavy (non-hydrogen) atoms. The molecule has 1 N–H and O–H groups in total. The fraction of sp³-hybridized carbons (Fsp3) is 0.538. The van der Waals surface area contributed by atoms with Crippen molar-refractivity contribution in [2.45, 2.75) is 31.4 Å². The number of rotatable bonds is 2. The summed E-state index contributed by atoms with van der Waals surface area (Å²) in [5.41, 5.74) is 0.456. The van der Waals surface area contributed by atoms with Gasteiger partial charge in [-0.15, -0.1) is 0 Å². The van der Waals surface area contributed by atoms with Crippen LogP contribution in [0.3, 0.4) is 0 Å². The van der Waals surface area contributed by atoms with Gasteiger partial charge in [-0.25, -0.2) is 4.98 Å².